The number of carbonyl (C=O) groups excluding carboxylic acids is 1. The third kappa shape index (κ3) is 2.90. The summed E-state index contributed by atoms with van der Waals surface area (Å²) in [4.78, 5) is 17.2. The van der Waals surface area contributed by atoms with Crippen molar-refractivity contribution < 1.29 is 4.79 Å². The monoisotopic (exact) mass is 309 g/mol. The molecule has 4 heteroatoms. The highest BCUT2D eigenvalue weighted by molar-refractivity contribution is 5.94. The molecule has 0 bridgehead atoms. The first-order valence-corrected chi connectivity index (χ1v) is 8.76. The molecule has 0 unspecified atom stereocenters. The first-order chi connectivity index (χ1) is 11.3. The van der Waals surface area contributed by atoms with E-state index < -0.39 is 0 Å². The van der Waals surface area contributed by atoms with Gasteiger partial charge in [-0.2, -0.15) is 0 Å². The summed E-state index contributed by atoms with van der Waals surface area (Å²) in [5.41, 5.74) is 3.06. The third-order valence-corrected chi connectivity index (χ3v) is 5.02. The number of amides is 1. The average Bonchev–Trinajstić information content (AvgIpc) is 2.76. The smallest absolute Gasteiger partial charge is 0.227 e. The summed E-state index contributed by atoms with van der Waals surface area (Å²) in [5.74, 6) is 1.43. The molecule has 0 saturated carbocycles. The fourth-order valence-corrected chi connectivity index (χ4v) is 3.70. The summed E-state index contributed by atoms with van der Waals surface area (Å²) < 4.78 is 2.35. The van der Waals surface area contributed by atoms with Gasteiger partial charge in [0.25, 0.3) is 0 Å². The molecule has 1 aromatic heterocycles. The van der Waals surface area contributed by atoms with Gasteiger partial charge in [0, 0.05) is 24.6 Å². The molecule has 120 valence electrons. The lowest BCUT2D eigenvalue weighted by Gasteiger charge is -2.17. The molecule has 1 N–H and O–H groups in total. The third-order valence-electron chi connectivity index (χ3n) is 5.02. The van der Waals surface area contributed by atoms with E-state index in [4.69, 9.17) is 4.98 Å². The Morgan fingerprint density at radius 2 is 2.17 bits per heavy atom. The zero-order chi connectivity index (χ0) is 15.6. The van der Waals surface area contributed by atoms with Gasteiger partial charge in [-0.25, -0.2) is 4.98 Å². The summed E-state index contributed by atoms with van der Waals surface area (Å²) in [7, 11) is 0. The summed E-state index contributed by atoms with van der Waals surface area (Å²) in [5, 5.41) is 3.07. The summed E-state index contributed by atoms with van der Waals surface area (Å²) in [6, 6.07) is 6.14. The number of carbonyl (C=O) groups is 1. The van der Waals surface area contributed by atoms with E-state index in [1.165, 1.54) is 30.6 Å². The van der Waals surface area contributed by atoms with Crippen molar-refractivity contribution in [3.63, 3.8) is 0 Å². The minimum absolute atomic E-state index is 0.106. The molecule has 0 spiro atoms. The first-order valence-electron chi connectivity index (χ1n) is 8.76. The van der Waals surface area contributed by atoms with Crippen molar-refractivity contribution in [2.75, 3.05) is 5.32 Å². The van der Waals surface area contributed by atoms with Crippen molar-refractivity contribution in [3.8, 4) is 0 Å². The number of allylic oxidation sites excluding steroid dienone is 2. The molecule has 2 aromatic rings. The fraction of sp³-hybridized carbons (Fsp3) is 0.474. The van der Waals surface area contributed by atoms with E-state index in [1.54, 1.807) is 0 Å². The number of nitrogens with zero attached hydrogens (tertiary/aromatic N) is 2. The minimum atomic E-state index is 0.106. The van der Waals surface area contributed by atoms with E-state index in [0.717, 1.165) is 43.4 Å². The molecule has 1 aliphatic heterocycles. The number of fused-ring (bicyclic) bond motifs is 3. The van der Waals surface area contributed by atoms with Crippen molar-refractivity contribution in [2.24, 2.45) is 5.92 Å². The van der Waals surface area contributed by atoms with Gasteiger partial charge in [0.05, 0.1) is 11.0 Å². The van der Waals surface area contributed by atoms with Gasteiger partial charge in [0.2, 0.25) is 5.91 Å². The molecule has 4 nitrogen and oxygen atoms in total. The Kier molecular flexibility index (Phi) is 3.90. The van der Waals surface area contributed by atoms with Crippen LogP contribution in [0.3, 0.4) is 0 Å². The summed E-state index contributed by atoms with van der Waals surface area (Å²) in [6.45, 7) is 1.06. The Morgan fingerprint density at radius 3 is 3.04 bits per heavy atom. The molecular formula is C19H23N3O. The van der Waals surface area contributed by atoms with Crippen molar-refractivity contribution in [2.45, 2.75) is 51.5 Å². The molecule has 1 aliphatic carbocycles. The largest absolute Gasteiger partial charge is 0.328 e. The predicted molar refractivity (Wildman–Crippen MR) is 92.4 cm³/mol. The Hall–Kier alpha value is -2.10. The Bertz CT molecular complexity index is 759. The van der Waals surface area contributed by atoms with Crippen LogP contribution in [0.1, 0.15) is 44.3 Å². The Labute approximate surface area is 136 Å². The molecule has 0 saturated heterocycles. The van der Waals surface area contributed by atoms with Crippen LogP contribution in [0.5, 0.6) is 0 Å². The quantitative estimate of drug-likeness (QED) is 0.850. The SMILES string of the molecule is O=C(Nc1ccc2c(c1)nc1n2CCCCC1)[C@@H]1CC=CCC1. The number of anilines is 1. The molecule has 2 heterocycles. The maximum atomic E-state index is 12.4. The van der Waals surface area contributed by atoms with E-state index in [0.29, 0.717) is 0 Å². The molecule has 2 aliphatic rings. The van der Waals surface area contributed by atoms with Crippen LogP contribution in [-0.2, 0) is 17.8 Å². The number of hydrogen-bond acceptors (Lipinski definition) is 2. The van der Waals surface area contributed by atoms with Gasteiger partial charge in [-0.3, -0.25) is 4.79 Å². The zero-order valence-electron chi connectivity index (χ0n) is 13.4. The van der Waals surface area contributed by atoms with Crippen molar-refractivity contribution in [1.82, 2.24) is 9.55 Å². The standard InChI is InChI=1S/C19H23N3O/c23-19(14-7-3-1-4-8-14)20-15-10-11-17-16(13-15)21-18-9-5-2-6-12-22(17)18/h1,3,10-11,13-14H,2,4-9,12H2,(H,20,23)/t14-/m1/s1. The maximum Gasteiger partial charge on any atom is 0.227 e. The number of imidazole rings is 1. The molecule has 1 aromatic carbocycles. The van der Waals surface area contributed by atoms with Gasteiger partial charge in [0.15, 0.2) is 0 Å². The molecular weight excluding hydrogens is 286 g/mol. The number of nitrogens with one attached hydrogen (secondary N) is 1. The van der Waals surface area contributed by atoms with Gasteiger partial charge in [-0.15, -0.1) is 0 Å². The van der Waals surface area contributed by atoms with Crippen LogP contribution in [0.2, 0.25) is 0 Å². The van der Waals surface area contributed by atoms with E-state index >= 15 is 0 Å². The Balaban J connectivity index is 1.57. The van der Waals surface area contributed by atoms with Crippen LogP contribution in [0.25, 0.3) is 11.0 Å². The summed E-state index contributed by atoms with van der Waals surface area (Å²) >= 11 is 0. The van der Waals surface area contributed by atoms with Crippen molar-refractivity contribution in [3.05, 3.63) is 36.2 Å². The van der Waals surface area contributed by atoms with Crippen LogP contribution < -0.4 is 5.32 Å². The van der Waals surface area contributed by atoms with Crippen LogP contribution >= 0.6 is 0 Å². The fourth-order valence-electron chi connectivity index (χ4n) is 3.70. The van der Waals surface area contributed by atoms with E-state index in [1.807, 2.05) is 12.1 Å². The van der Waals surface area contributed by atoms with Crippen LogP contribution in [0.4, 0.5) is 5.69 Å². The lowest BCUT2D eigenvalue weighted by molar-refractivity contribution is -0.120. The molecule has 1 atom stereocenters. The molecule has 4 rings (SSSR count). The van der Waals surface area contributed by atoms with Gasteiger partial charge >= 0.3 is 0 Å². The zero-order valence-corrected chi connectivity index (χ0v) is 13.4. The Morgan fingerprint density at radius 1 is 1.22 bits per heavy atom. The van der Waals surface area contributed by atoms with Crippen LogP contribution in [0.15, 0.2) is 30.4 Å². The van der Waals surface area contributed by atoms with Crippen molar-refractivity contribution in [1.29, 1.82) is 0 Å². The molecule has 0 fully saturated rings. The number of rotatable bonds is 2. The number of hydrogen-bond donors (Lipinski definition) is 1. The van der Waals surface area contributed by atoms with Gasteiger partial charge < -0.3 is 9.88 Å². The second-order valence-electron chi connectivity index (χ2n) is 6.66. The number of benzene rings is 1. The van der Waals surface area contributed by atoms with Gasteiger partial charge in [-0.1, -0.05) is 18.6 Å². The highest BCUT2D eigenvalue weighted by Crippen LogP contribution is 2.25. The first kappa shape index (κ1) is 14.5. The second kappa shape index (κ2) is 6.19. The van der Waals surface area contributed by atoms with Gasteiger partial charge in [-0.05, 0) is 50.3 Å². The normalized spacial score (nSPS) is 21.0. The van der Waals surface area contributed by atoms with Crippen LogP contribution in [-0.4, -0.2) is 15.5 Å². The molecule has 23 heavy (non-hydrogen) atoms. The second-order valence-corrected chi connectivity index (χ2v) is 6.66. The number of aromatic nitrogens is 2. The van der Waals surface area contributed by atoms with Crippen molar-refractivity contribution >= 4 is 22.6 Å². The average molecular weight is 309 g/mol. The van der Waals surface area contributed by atoms with E-state index in [9.17, 15) is 4.79 Å². The van der Waals surface area contributed by atoms with E-state index in [-0.39, 0.29) is 11.8 Å². The minimum Gasteiger partial charge on any atom is -0.328 e. The molecule has 0 radical (unpaired) electrons. The maximum absolute atomic E-state index is 12.4. The van der Waals surface area contributed by atoms with Crippen LogP contribution in [0, 0.1) is 5.92 Å². The highest BCUT2D eigenvalue weighted by Gasteiger charge is 2.19. The highest BCUT2D eigenvalue weighted by atomic mass is 16.1. The van der Waals surface area contributed by atoms with Gasteiger partial charge in [0.1, 0.15) is 5.82 Å². The molecule has 1 amide bonds. The lowest BCUT2D eigenvalue weighted by Crippen LogP contribution is -2.23. The topological polar surface area (TPSA) is 46.9 Å². The lowest BCUT2D eigenvalue weighted by atomic mass is 9.93. The number of aryl methyl sites for hydroxylation is 2. The van der Waals surface area contributed by atoms with E-state index in [2.05, 4.69) is 28.1 Å². The predicted octanol–water partition coefficient (Wildman–Crippen LogP) is 4.06. The summed E-state index contributed by atoms with van der Waals surface area (Å²) in [6.07, 6.45) is 11.9.